The molecule has 0 radical (unpaired) electrons. The fourth-order valence-corrected chi connectivity index (χ4v) is 3.17. The summed E-state index contributed by atoms with van der Waals surface area (Å²) in [5.41, 5.74) is 1.35. The maximum Gasteiger partial charge on any atom is 0.338 e. The molecule has 0 aliphatic heterocycles. The highest BCUT2D eigenvalue weighted by Crippen LogP contribution is 2.15. The number of hydrogen-bond donors (Lipinski definition) is 1. The number of anilines is 1. The molecule has 3 aromatic rings. The summed E-state index contributed by atoms with van der Waals surface area (Å²) in [7, 11) is 0. The first-order valence-electron chi connectivity index (χ1n) is 8.94. The molecule has 1 N–H and O–H groups in total. The molecule has 1 amide bonds. The van der Waals surface area contributed by atoms with Gasteiger partial charge >= 0.3 is 5.97 Å². The van der Waals surface area contributed by atoms with E-state index in [9.17, 15) is 18.8 Å². The Morgan fingerprint density at radius 2 is 1.62 bits per heavy atom. The number of benzene rings is 2. The minimum atomic E-state index is -0.504. The van der Waals surface area contributed by atoms with Gasteiger partial charge in [-0.25, -0.2) is 9.18 Å². The number of Topliss-reactive ketones (excluding diaryl/α,β-unsaturated/α-hetero) is 1. The Bertz CT molecular complexity index is 983. The van der Waals surface area contributed by atoms with Crippen LogP contribution in [0.1, 0.15) is 43.2 Å². The number of ether oxygens (including phenoxy) is 1. The highest BCUT2D eigenvalue weighted by molar-refractivity contribution is 7.12. The van der Waals surface area contributed by atoms with Gasteiger partial charge in [0, 0.05) is 17.7 Å². The number of nitrogens with one attached hydrogen (secondary N) is 1. The number of carbonyl (C=O) groups excluding carboxylic acids is 3. The smallest absolute Gasteiger partial charge is 0.338 e. The first kappa shape index (κ1) is 20.4. The van der Waals surface area contributed by atoms with Crippen molar-refractivity contribution in [2.24, 2.45) is 0 Å². The monoisotopic (exact) mass is 411 g/mol. The quantitative estimate of drug-likeness (QED) is 0.323. The zero-order valence-corrected chi connectivity index (χ0v) is 16.2. The summed E-state index contributed by atoms with van der Waals surface area (Å²) in [6.07, 6.45) is 0.573. The average Bonchev–Trinajstić information content (AvgIpc) is 3.27. The lowest BCUT2D eigenvalue weighted by Gasteiger charge is -2.07. The van der Waals surface area contributed by atoms with Crippen molar-refractivity contribution in [3.8, 4) is 0 Å². The summed E-state index contributed by atoms with van der Waals surface area (Å²) in [5, 5.41) is 4.57. The third kappa shape index (κ3) is 5.83. The molecule has 2 aromatic carbocycles. The number of halogens is 1. The minimum absolute atomic E-state index is 0.0998. The average molecular weight is 411 g/mol. The third-order valence-corrected chi connectivity index (χ3v) is 4.94. The lowest BCUT2D eigenvalue weighted by Crippen LogP contribution is -2.11. The predicted molar refractivity (Wildman–Crippen MR) is 109 cm³/mol. The summed E-state index contributed by atoms with van der Waals surface area (Å²) in [6.45, 7) is 0.0998. The topological polar surface area (TPSA) is 72.5 Å². The zero-order valence-electron chi connectivity index (χ0n) is 15.4. The summed E-state index contributed by atoms with van der Waals surface area (Å²) >= 11 is 1.34. The van der Waals surface area contributed by atoms with Crippen molar-refractivity contribution in [1.82, 2.24) is 0 Å². The second-order valence-corrected chi connectivity index (χ2v) is 7.13. The maximum absolute atomic E-state index is 12.9. The van der Waals surface area contributed by atoms with Gasteiger partial charge in [0.15, 0.2) is 5.78 Å². The highest BCUT2D eigenvalue weighted by atomic mass is 32.1. The fourth-order valence-electron chi connectivity index (χ4n) is 2.55. The van der Waals surface area contributed by atoms with Crippen LogP contribution in [0.25, 0.3) is 0 Å². The van der Waals surface area contributed by atoms with E-state index in [-0.39, 0.29) is 24.7 Å². The second-order valence-electron chi connectivity index (χ2n) is 6.18. The van der Waals surface area contributed by atoms with Crippen LogP contribution in [0.5, 0.6) is 0 Å². The first-order chi connectivity index (χ1) is 14.0. The number of carbonyl (C=O) groups is 3. The van der Waals surface area contributed by atoms with Crippen molar-refractivity contribution in [3.63, 3.8) is 0 Å². The molecule has 0 atom stereocenters. The molecule has 0 saturated heterocycles. The van der Waals surface area contributed by atoms with Gasteiger partial charge in [0.05, 0.1) is 17.0 Å². The van der Waals surface area contributed by atoms with Crippen molar-refractivity contribution in [2.75, 3.05) is 11.9 Å². The number of hydrogen-bond acceptors (Lipinski definition) is 5. The van der Waals surface area contributed by atoms with Gasteiger partial charge in [-0.3, -0.25) is 9.59 Å². The van der Waals surface area contributed by atoms with E-state index in [0.717, 1.165) is 0 Å². The number of amides is 1. The van der Waals surface area contributed by atoms with Crippen LogP contribution in [-0.2, 0) is 4.74 Å². The Hall–Kier alpha value is -3.32. The molecule has 5 nitrogen and oxygen atoms in total. The van der Waals surface area contributed by atoms with Gasteiger partial charge < -0.3 is 10.1 Å². The number of ketones is 1. The molecular weight excluding hydrogens is 393 g/mol. The summed E-state index contributed by atoms with van der Waals surface area (Å²) in [5.74, 6) is -1.24. The van der Waals surface area contributed by atoms with Crippen LogP contribution in [0.15, 0.2) is 66.0 Å². The molecule has 0 unspecified atom stereocenters. The van der Waals surface area contributed by atoms with Gasteiger partial charge in [0.25, 0.3) is 5.91 Å². The van der Waals surface area contributed by atoms with E-state index >= 15 is 0 Å². The van der Waals surface area contributed by atoms with E-state index in [1.807, 2.05) is 5.38 Å². The van der Waals surface area contributed by atoms with Gasteiger partial charge in [-0.1, -0.05) is 6.07 Å². The van der Waals surface area contributed by atoms with Gasteiger partial charge in [0.2, 0.25) is 0 Å². The third-order valence-electron chi connectivity index (χ3n) is 4.07. The normalized spacial score (nSPS) is 10.4. The Morgan fingerprint density at radius 3 is 2.28 bits per heavy atom. The van der Waals surface area contributed by atoms with Crippen molar-refractivity contribution < 1.29 is 23.5 Å². The van der Waals surface area contributed by atoms with Crippen LogP contribution in [0.2, 0.25) is 0 Å². The Kier molecular flexibility index (Phi) is 6.86. The Morgan fingerprint density at radius 1 is 0.931 bits per heavy atom. The van der Waals surface area contributed by atoms with Gasteiger partial charge in [-0.15, -0.1) is 11.3 Å². The van der Waals surface area contributed by atoms with E-state index in [2.05, 4.69) is 5.32 Å². The van der Waals surface area contributed by atoms with E-state index < -0.39 is 11.8 Å². The molecule has 29 heavy (non-hydrogen) atoms. The molecule has 3 rings (SSSR count). The molecule has 0 spiro atoms. The van der Waals surface area contributed by atoms with Crippen LogP contribution in [0.3, 0.4) is 0 Å². The zero-order chi connectivity index (χ0) is 20.6. The highest BCUT2D eigenvalue weighted by Gasteiger charge is 2.11. The van der Waals surface area contributed by atoms with Crippen LogP contribution < -0.4 is 5.32 Å². The number of thiophene rings is 1. The van der Waals surface area contributed by atoms with Gasteiger partial charge in [-0.05, 0) is 66.4 Å². The van der Waals surface area contributed by atoms with Crippen LogP contribution in [0, 0.1) is 5.82 Å². The fraction of sp³-hybridized carbons (Fsp3) is 0.136. The van der Waals surface area contributed by atoms with Gasteiger partial charge in [-0.2, -0.15) is 0 Å². The SMILES string of the molecule is O=C(CCCOC(=O)c1ccc(NC(=O)c2cccs2)cc1)c1ccc(F)cc1. The van der Waals surface area contributed by atoms with Gasteiger partial charge in [0.1, 0.15) is 5.82 Å². The molecule has 1 heterocycles. The number of rotatable bonds is 8. The summed E-state index contributed by atoms with van der Waals surface area (Å²) in [4.78, 5) is 36.7. The van der Waals surface area contributed by atoms with Crippen molar-refractivity contribution in [3.05, 3.63) is 87.9 Å². The van der Waals surface area contributed by atoms with Crippen LogP contribution >= 0.6 is 11.3 Å². The standard InChI is InChI=1S/C22H18FNO4S/c23-17-9-5-15(6-10-17)19(25)3-1-13-28-22(27)16-7-11-18(12-8-16)24-21(26)20-4-2-14-29-20/h2,4-12,14H,1,3,13H2,(H,24,26). The molecule has 0 bridgehead atoms. The largest absolute Gasteiger partial charge is 0.462 e. The van der Waals surface area contributed by atoms with E-state index in [4.69, 9.17) is 4.74 Å². The first-order valence-corrected chi connectivity index (χ1v) is 9.82. The van der Waals surface area contributed by atoms with Crippen LogP contribution in [-0.4, -0.2) is 24.3 Å². The predicted octanol–water partition coefficient (Wildman–Crippen LogP) is 4.96. The molecule has 0 saturated carbocycles. The maximum atomic E-state index is 12.9. The molecule has 7 heteroatoms. The Labute approximate surface area is 171 Å². The summed E-state index contributed by atoms with van der Waals surface area (Å²) in [6, 6.07) is 15.2. The molecule has 0 aliphatic rings. The molecule has 0 fully saturated rings. The van der Waals surface area contributed by atoms with Crippen molar-refractivity contribution in [2.45, 2.75) is 12.8 Å². The lowest BCUT2D eigenvalue weighted by molar-refractivity contribution is 0.0494. The molecule has 148 valence electrons. The van der Waals surface area contributed by atoms with Crippen LogP contribution in [0.4, 0.5) is 10.1 Å². The van der Waals surface area contributed by atoms with Crippen molar-refractivity contribution >= 4 is 34.7 Å². The minimum Gasteiger partial charge on any atom is -0.462 e. The number of esters is 1. The summed E-state index contributed by atoms with van der Waals surface area (Å²) < 4.78 is 18.0. The van der Waals surface area contributed by atoms with Crippen molar-refractivity contribution in [1.29, 1.82) is 0 Å². The second kappa shape index (κ2) is 9.75. The molecule has 0 aliphatic carbocycles. The lowest BCUT2D eigenvalue weighted by atomic mass is 10.1. The molecular formula is C22H18FNO4S. The van der Waals surface area contributed by atoms with E-state index in [1.165, 1.54) is 35.6 Å². The Balaban J connectivity index is 1.43. The molecule has 1 aromatic heterocycles. The van der Waals surface area contributed by atoms with E-state index in [0.29, 0.717) is 28.1 Å². The van der Waals surface area contributed by atoms with E-state index in [1.54, 1.807) is 36.4 Å².